The summed E-state index contributed by atoms with van der Waals surface area (Å²) in [7, 11) is 0. The second-order valence-corrected chi connectivity index (χ2v) is 12.2. The summed E-state index contributed by atoms with van der Waals surface area (Å²) in [5, 5.41) is 0. The predicted molar refractivity (Wildman–Crippen MR) is 168 cm³/mol. The summed E-state index contributed by atoms with van der Waals surface area (Å²) in [5.74, 6) is -0.0691. The molecule has 0 aliphatic carbocycles. The molecular weight excluding hydrogens is 466 g/mol. The molecule has 0 fully saturated rings. The Kier molecular flexibility index (Phi) is 28.7. The fourth-order valence-electron chi connectivity index (χ4n) is 5.51. The molecule has 0 radical (unpaired) electrons. The second kappa shape index (κ2) is 29.3. The van der Waals surface area contributed by atoms with Crippen LogP contribution in [0, 0.1) is 5.92 Å². The van der Waals surface area contributed by atoms with Crippen molar-refractivity contribution in [3.8, 4) is 0 Å². The summed E-state index contributed by atoms with van der Waals surface area (Å²) in [6, 6.07) is -0.609. The van der Waals surface area contributed by atoms with Crippen LogP contribution in [0.4, 0.5) is 0 Å². The van der Waals surface area contributed by atoms with Gasteiger partial charge in [-0.1, -0.05) is 175 Å². The molecule has 0 bridgehead atoms. The molecule has 3 nitrogen and oxygen atoms in total. The number of rotatable bonds is 31. The molecule has 226 valence electrons. The van der Waals surface area contributed by atoms with Gasteiger partial charge in [0.15, 0.2) is 0 Å². The maximum absolute atomic E-state index is 12.5. The van der Waals surface area contributed by atoms with Gasteiger partial charge in [-0.05, 0) is 12.8 Å². The van der Waals surface area contributed by atoms with Crippen molar-refractivity contribution in [2.45, 2.75) is 207 Å². The molecule has 0 saturated heterocycles. The highest BCUT2D eigenvalue weighted by Gasteiger charge is 2.25. The number of hydrogen-bond donors (Lipinski definition) is 1. The van der Waals surface area contributed by atoms with E-state index in [1.54, 1.807) is 0 Å². The fraction of sp³-hybridized carbons (Fsp3) is 0.943. The van der Waals surface area contributed by atoms with E-state index in [0.717, 1.165) is 25.7 Å². The average Bonchev–Trinajstić information content (AvgIpc) is 2.92. The molecule has 0 aliphatic rings. The average molecular weight is 536 g/mol. The minimum Gasteiger partial charge on any atom is -0.321 e. The van der Waals surface area contributed by atoms with Gasteiger partial charge in [-0.15, -0.1) is 0 Å². The van der Waals surface area contributed by atoms with E-state index in [1.165, 1.54) is 141 Å². The summed E-state index contributed by atoms with van der Waals surface area (Å²) in [6.07, 6.45) is 35.0. The quantitative estimate of drug-likeness (QED) is 0.0898. The zero-order valence-corrected chi connectivity index (χ0v) is 26.3. The first-order valence-corrected chi connectivity index (χ1v) is 17.4. The zero-order valence-electron chi connectivity index (χ0n) is 26.3. The fourth-order valence-corrected chi connectivity index (χ4v) is 5.51. The molecule has 2 atom stereocenters. The van der Waals surface area contributed by atoms with Gasteiger partial charge in [0.2, 0.25) is 0 Å². The number of carbonyl (C=O) groups excluding carboxylic acids is 2. The van der Waals surface area contributed by atoms with Gasteiger partial charge in [-0.2, -0.15) is 0 Å². The van der Waals surface area contributed by atoms with Crippen molar-refractivity contribution in [2.24, 2.45) is 11.7 Å². The number of hydrogen-bond acceptors (Lipinski definition) is 3. The molecule has 0 aromatic carbocycles. The van der Waals surface area contributed by atoms with Crippen molar-refractivity contribution in [3.63, 3.8) is 0 Å². The van der Waals surface area contributed by atoms with Gasteiger partial charge in [0.05, 0.1) is 6.04 Å². The maximum atomic E-state index is 12.5. The maximum Gasteiger partial charge on any atom is 0.150 e. The van der Waals surface area contributed by atoms with Crippen LogP contribution in [0.5, 0.6) is 0 Å². The topological polar surface area (TPSA) is 60.2 Å². The number of nitrogens with two attached hydrogens (primary N) is 1. The van der Waals surface area contributed by atoms with E-state index in [4.69, 9.17) is 5.73 Å². The van der Waals surface area contributed by atoms with Crippen LogP contribution in [0.3, 0.4) is 0 Å². The first-order valence-electron chi connectivity index (χ1n) is 17.4. The Hall–Kier alpha value is -0.700. The largest absolute Gasteiger partial charge is 0.321 e. The Morgan fingerprint density at radius 2 is 0.658 bits per heavy atom. The molecule has 2 unspecified atom stereocenters. The minimum atomic E-state index is -0.609. The Morgan fingerprint density at radius 1 is 0.421 bits per heavy atom. The summed E-state index contributed by atoms with van der Waals surface area (Å²) >= 11 is 0. The molecule has 0 rings (SSSR count). The molecule has 2 N–H and O–H groups in total. The third-order valence-corrected chi connectivity index (χ3v) is 8.47. The van der Waals surface area contributed by atoms with Crippen LogP contribution in [0.1, 0.15) is 201 Å². The molecular formula is C35H69NO2. The van der Waals surface area contributed by atoms with Crippen molar-refractivity contribution in [1.29, 1.82) is 0 Å². The second-order valence-electron chi connectivity index (χ2n) is 12.2. The molecule has 0 aliphatic heterocycles. The predicted octanol–water partition coefficient (Wildman–Crippen LogP) is 11.1. The molecule has 3 heteroatoms. The van der Waals surface area contributed by atoms with Gasteiger partial charge in [0.25, 0.3) is 0 Å². The van der Waals surface area contributed by atoms with Gasteiger partial charge >= 0.3 is 0 Å². The summed E-state index contributed by atoms with van der Waals surface area (Å²) < 4.78 is 0. The third kappa shape index (κ3) is 24.3. The summed E-state index contributed by atoms with van der Waals surface area (Å²) in [4.78, 5) is 25.0. The molecule has 0 saturated carbocycles. The Morgan fingerprint density at radius 3 is 0.947 bits per heavy atom. The Labute approximate surface area is 239 Å². The number of carbonyl (C=O) groups is 2. The molecule has 0 aromatic rings. The van der Waals surface area contributed by atoms with E-state index in [0.29, 0.717) is 12.8 Å². The molecule has 0 aromatic heterocycles. The van der Waals surface area contributed by atoms with Crippen LogP contribution in [0.2, 0.25) is 0 Å². The Balaban J connectivity index is 3.58. The highest BCUT2D eigenvalue weighted by atomic mass is 16.1. The first kappa shape index (κ1) is 37.3. The van der Waals surface area contributed by atoms with Crippen molar-refractivity contribution >= 4 is 11.6 Å². The lowest BCUT2D eigenvalue weighted by molar-refractivity contribution is -0.129. The van der Waals surface area contributed by atoms with Gasteiger partial charge in [-0.3, -0.25) is 9.59 Å². The van der Waals surface area contributed by atoms with E-state index in [9.17, 15) is 9.59 Å². The van der Waals surface area contributed by atoms with Gasteiger partial charge < -0.3 is 5.73 Å². The molecule has 0 amide bonds. The van der Waals surface area contributed by atoms with E-state index in [-0.39, 0.29) is 17.5 Å². The summed E-state index contributed by atoms with van der Waals surface area (Å²) in [5.41, 5.74) is 6.18. The smallest absolute Gasteiger partial charge is 0.150 e. The van der Waals surface area contributed by atoms with Crippen molar-refractivity contribution < 1.29 is 9.59 Å². The molecule has 0 heterocycles. The van der Waals surface area contributed by atoms with Gasteiger partial charge in [0.1, 0.15) is 11.6 Å². The lowest BCUT2D eigenvalue weighted by Gasteiger charge is -2.17. The normalized spacial score (nSPS) is 13.1. The van der Waals surface area contributed by atoms with Crippen LogP contribution in [0.25, 0.3) is 0 Å². The summed E-state index contributed by atoms with van der Waals surface area (Å²) in [6.45, 7) is 6.40. The van der Waals surface area contributed by atoms with E-state index >= 15 is 0 Å². The van der Waals surface area contributed by atoms with Crippen molar-refractivity contribution in [3.05, 3.63) is 0 Å². The van der Waals surface area contributed by atoms with Crippen LogP contribution in [0.15, 0.2) is 0 Å². The number of unbranched alkanes of at least 4 members (excludes halogenated alkanes) is 24. The van der Waals surface area contributed by atoms with Crippen molar-refractivity contribution in [2.75, 3.05) is 0 Å². The van der Waals surface area contributed by atoms with Crippen LogP contribution >= 0.6 is 0 Å². The monoisotopic (exact) mass is 536 g/mol. The standard InChI is InChI=1S/C35H69NO2/c1-4-6-8-10-12-14-16-18-20-22-24-26-28-30-33(37)32(3)35(36)34(38)31-29-27-25-23-21-19-17-15-13-11-9-7-5-2/h32,35H,4-31,36H2,1-3H3. The van der Waals surface area contributed by atoms with Gasteiger partial charge in [0, 0.05) is 18.8 Å². The van der Waals surface area contributed by atoms with Gasteiger partial charge in [-0.25, -0.2) is 0 Å². The van der Waals surface area contributed by atoms with Crippen LogP contribution in [-0.4, -0.2) is 17.6 Å². The number of ketones is 2. The minimum absolute atomic E-state index is 0.0827. The van der Waals surface area contributed by atoms with E-state index in [2.05, 4.69) is 13.8 Å². The van der Waals surface area contributed by atoms with Crippen LogP contribution in [-0.2, 0) is 9.59 Å². The Bertz CT molecular complexity index is 472. The third-order valence-electron chi connectivity index (χ3n) is 8.47. The molecule has 38 heavy (non-hydrogen) atoms. The molecule has 0 spiro atoms. The zero-order chi connectivity index (χ0) is 28.1. The van der Waals surface area contributed by atoms with Crippen LogP contribution < -0.4 is 5.73 Å². The first-order chi connectivity index (χ1) is 18.5. The highest BCUT2D eigenvalue weighted by molar-refractivity contribution is 5.91. The lowest BCUT2D eigenvalue weighted by Crippen LogP contribution is -2.40. The number of Topliss-reactive ketones (excluding diaryl/α,β-unsaturated/α-hetero) is 2. The van der Waals surface area contributed by atoms with E-state index in [1.807, 2.05) is 6.92 Å². The van der Waals surface area contributed by atoms with Crippen molar-refractivity contribution in [1.82, 2.24) is 0 Å². The van der Waals surface area contributed by atoms with E-state index < -0.39 is 6.04 Å². The highest BCUT2D eigenvalue weighted by Crippen LogP contribution is 2.17. The SMILES string of the molecule is CCCCCCCCCCCCCCCC(=O)C(C)C(N)C(=O)CCCCCCCCCCCCCCC. The lowest BCUT2D eigenvalue weighted by atomic mass is 9.89.